The maximum atomic E-state index is 11.2. The average molecular weight is 263 g/mol. The van der Waals surface area contributed by atoms with Crippen LogP contribution in [-0.4, -0.2) is 23.9 Å². The highest BCUT2D eigenvalue weighted by Crippen LogP contribution is 2.09. The predicted octanol–water partition coefficient (Wildman–Crippen LogP) is 1.70. The molecule has 0 aliphatic carbocycles. The molecule has 1 aromatic carbocycles. The van der Waals surface area contributed by atoms with Crippen LogP contribution in [0.25, 0.3) is 0 Å². The highest BCUT2D eigenvalue weighted by atomic mass is 16.2. The van der Waals surface area contributed by atoms with Crippen molar-refractivity contribution in [2.75, 3.05) is 13.1 Å². The zero-order valence-electron chi connectivity index (χ0n) is 12.1. The second-order valence-corrected chi connectivity index (χ2v) is 5.28. The van der Waals surface area contributed by atoms with Crippen molar-refractivity contribution in [1.29, 1.82) is 0 Å². The van der Waals surface area contributed by atoms with Gasteiger partial charge < -0.3 is 0 Å². The second-order valence-electron chi connectivity index (χ2n) is 5.28. The minimum Gasteiger partial charge on any atom is -0.299 e. The van der Waals surface area contributed by atoms with Gasteiger partial charge in [-0.25, -0.2) is 5.84 Å². The predicted molar refractivity (Wildman–Crippen MR) is 78.3 cm³/mol. The molecule has 0 aliphatic rings. The lowest BCUT2D eigenvalue weighted by atomic mass is 10.1. The van der Waals surface area contributed by atoms with E-state index in [0.29, 0.717) is 12.3 Å². The smallest absolute Gasteiger partial charge is 0.238 e. The van der Waals surface area contributed by atoms with Crippen molar-refractivity contribution < 1.29 is 4.79 Å². The molecule has 3 N–H and O–H groups in total. The Hall–Kier alpha value is -1.39. The van der Waals surface area contributed by atoms with E-state index < -0.39 is 0 Å². The molecule has 0 bridgehead atoms. The van der Waals surface area contributed by atoms with Crippen LogP contribution in [0.3, 0.4) is 0 Å². The first-order valence-corrected chi connectivity index (χ1v) is 6.84. The molecule has 1 rings (SSSR count). The fourth-order valence-corrected chi connectivity index (χ4v) is 2.08. The van der Waals surface area contributed by atoms with Gasteiger partial charge in [0.1, 0.15) is 0 Å². The monoisotopic (exact) mass is 263 g/mol. The molecule has 0 heterocycles. The van der Waals surface area contributed by atoms with Gasteiger partial charge in [-0.3, -0.25) is 15.1 Å². The topological polar surface area (TPSA) is 58.4 Å². The Bertz CT molecular complexity index is 387. The lowest BCUT2D eigenvalue weighted by Crippen LogP contribution is -2.31. The van der Waals surface area contributed by atoms with Gasteiger partial charge in [0.25, 0.3) is 0 Å². The number of carbonyl (C=O) groups excluding carboxylic acids is 1. The van der Waals surface area contributed by atoms with Crippen LogP contribution in [-0.2, 0) is 17.8 Å². The van der Waals surface area contributed by atoms with Gasteiger partial charge in [-0.15, -0.1) is 0 Å². The normalized spacial score (nSPS) is 11.1. The SMILES string of the molecule is CCN(Cc1ccc(CC(=O)NN)cc1)CC(C)C. The highest BCUT2D eigenvalue weighted by Gasteiger charge is 2.06. The Morgan fingerprint density at radius 2 is 1.84 bits per heavy atom. The molecule has 1 aromatic rings. The summed E-state index contributed by atoms with van der Waals surface area (Å²) in [6.07, 6.45) is 0.334. The van der Waals surface area contributed by atoms with E-state index in [1.807, 2.05) is 12.1 Å². The number of amides is 1. The molecular weight excluding hydrogens is 238 g/mol. The Morgan fingerprint density at radius 1 is 1.26 bits per heavy atom. The Labute approximate surface area is 115 Å². The summed E-state index contributed by atoms with van der Waals surface area (Å²) in [5.41, 5.74) is 4.41. The van der Waals surface area contributed by atoms with Gasteiger partial charge in [0.2, 0.25) is 5.91 Å². The fraction of sp³-hybridized carbons (Fsp3) is 0.533. The van der Waals surface area contributed by atoms with Crippen LogP contribution in [0.15, 0.2) is 24.3 Å². The fourth-order valence-electron chi connectivity index (χ4n) is 2.08. The van der Waals surface area contributed by atoms with Gasteiger partial charge in [0, 0.05) is 13.1 Å². The van der Waals surface area contributed by atoms with E-state index in [2.05, 4.69) is 43.2 Å². The summed E-state index contributed by atoms with van der Waals surface area (Å²) in [5.74, 6) is 5.58. The first kappa shape index (κ1) is 15.7. The van der Waals surface area contributed by atoms with Crippen LogP contribution >= 0.6 is 0 Å². The van der Waals surface area contributed by atoms with Crippen molar-refractivity contribution in [3.05, 3.63) is 35.4 Å². The Balaban J connectivity index is 2.58. The van der Waals surface area contributed by atoms with E-state index in [1.165, 1.54) is 5.56 Å². The number of rotatable bonds is 7. The van der Waals surface area contributed by atoms with Crippen molar-refractivity contribution in [3.63, 3.8) is 0 Å². The molecule has 106 valence electrons. The van der Waals surface area contributed by atoms with E-state index >= 15 is 0 Å². The summed E-state index contributed by atoms with van der Waals surface area (Å²) < 4.78 is 0. The first-order chi connectivity index (χ1) is 9.05. The summed E-state index contributed by atoms with van der Waals surface area (Å²) in [6.45, 7) is 9.76. The zero-order chi connectivity index (χ0) is 14.3. The van der Waals surface area contributed by atoms with Gasteiger partial charge in [0.15, 0.2) is 0 Å². The first-order valence-electron chi connectivity index (χ1n) is 6.84. The number of benzene rings is 1. The maximum Gasteiger partial charge on any atom is 0.238 e. The third kappa shape index (κ3) is 5.85. The van der Waals surface area contributed by atoms with Crippen molar-refractivity contribution in [1.82, 2.24) is 10.3 Å². The van der Waals surface area contributed by atoms with Crippen LogP contribution in [0.2, 0.25) is 0 Å². The van der Waals surface area contributed by atoms with Crippen molar-refractivity contribution in [2.24, 2.45) is 11.8 Å². The van der Waals surface area contributed by atoms with E-state index in [4.69, 9.17) is 5.84 Å². The number of nitrogens with one attached hydrogen (secondary N) is 1. The van der Waals surface area contributed by atoms with Crippen LogP contribution in [0.1, 0.15) is 31.9 Å². The Kier molecular flexibility index (Phi) is 6.53. The summed E-state index contributed by atoms with van der Waals surface area (Å²) in [7, 11) is 0. The molecule has 0 saturated carbocycles. The molecule has 4 heteroatoms. The van der Waals surface area contributed by atoms with Crippen LogP contribution in [0.5, 0.6) is 0 Å². The third-order valence-corrected chi connectivity index (χ3v) is 3.03. The summed E-state index contributed by atoms with van der Waals surface area (Å²) in [6, 6.07) is 8.16. The van der Waals surface area contributed by atoms with Gasteiger partial charge >= 0.3 is 0 Å². The highest BCUT2D eigenvalue weighted by molar-refractivity contribution is 5.77. The molecule has 0 radical (unpaired) electrons. The minimum absolute atomic E-state index is 0.164. The molecule has 0 spiro atoms. The van der Waals surface area contributed by atoms with E-state index in [1.54, 1.807) is 0 Å². The van der Waals surface area contributed by atoms with Crippen LogP contribution in [0.4, 0.5) is 0 Å². The molecule has 1 amide bonds. The lowest BCUT2D eigenvalue weighted by Gasteiger charge is -2.22. The average Bonchev–Trinajstić information content (AvgIpc) is 2.39. The molecule has 0 atom stereocenters. The minimum atomic E-state index is -0.164. The molecular formula is C15H25N3O. The molecule has 4 nitrogen and oxygen atoms in total. The third-order valence-electron chi connectivity index (χ3n) is 3.03. The summed E-state index contributed by atoms with van der Waals surface area (Å²) in [5, 5.41) is 0. The number of hydrazine groups is 1. The molecule has 0 aromatic heterocycles. The standard InChI is InChI=1S/C15H25N3O/c1-4-18(10-12(2)3)11-14-7-5-13(6-8-14)9-15(19)17-16/h5-8,12H,4,9-11,16H2,1-3H3,(H,17,19). The van der Waals surface area contributed by atoms with Gasteiger partial charge in [-0.1, -0.05) is 45.0 Å². The van der Waals surface area contributed by atoms with Gasteiger partial charge in [0.05, 0.1) is 6.42 Å². The molecule has 0 fully saturated rings. The van der Waals surface area contributed by atoms with E-state index in [-0.39, 0.29) is 5.91 Å². The van der Waals surface area contributed by atoms with Crippen LogP contribution in [0, 0.1) is 5.92 Å². The number of hydrogen-bond donors (Lipinski definition) is 2. The molecule has 0 aliphatic heterocycles. The summed E-state index contributed by atoms with van der Waals surface area (Å²) >= 11 is 0. The van der Waals surface area contributed by atoms with Crippen LogP contribution < -0.4 is 11.3 Å². The molecule has 19 heavy (non-hydrogen) atoms. The number of nitrogens with zero attached hydrogens (tertiary/aromatic N) is 1. The van der Waals surface area contributed by atoms with Crippen molar-refractivity contribution in [2.45, 2.75) is 33.7 Å². The van der Waals surface area contributed by atoms with Crippen molar-refractivity contribution in [3.8, 4) is 0 Å². The number of carbonyl (C=O) groups is 1. The van der Waals surface area contributed by atoms with E-state index in [0.717, 1.165) is 25.2 Å². The largest absolute Gasteiger partial charge is 0.299 e. The zero-order valence-corrected chi connectivity index (χ0v) is 12.1. The quantitative estimate of drug-likeness (QED) is 0.447. The number of hydrogen-bond acceptors (Lipinski definition) is 3. The van der Waals surface area contributed by atoms with E-state index in [9.17, 15) is 4.79 Å². The second kappa shape index (κ2) is 7.92. The van der Waals surface area contributed by atoms with Gasteiger partial charge in [-0.05, 0) is 23.6 Å². The maximum absolute atomic E-state index is 11.2. The van der Waals surface area contributed by atoms with Crippen molar-refractivity contribution >= 4 is 5.91 Å². The Morgan fingerprint density at radius 3 is 2.32 bits per heavy atom. The molecule has 0 unspecified atom stereocenters. The lowest BCUT2D eigenvalue weighted by molar-refractivity contribution is -0.120. The summed E-state index contributed by atoms with van der Waals surface area (Å²) in [4.78, 5) is 13.6. The number of nitrogens with two attached hydrogens (primary N) is 1. The van der Waals surface area contributed by atoms with Gasteiger partial charge in [-0.2, -0.15) is 0 Å². The molecule has 0 saturated heterocycles.